The lowest BCUT2D eigenvalue weighted by Gasteiger charge is -2.44. The highest BCUT2D eigenvalue weighted by molar-refractivity contribution is 6.12. The summed E-state index contributed by atoms with van der Waals surface area (Å²) in [6.45, 7) is -2.80. The van der Waals surface area contributed by atoms with Gasteiger partial charge in [0.05, 0.1) is 45.6 Å². The second-order valence-corrected chi connectivity index (χ2v) is 24.5. The number of rotatable bonds is 7. The average Bonchev–Trinajstić information content (AvgIpc) is 0.862. The first-order valence-corrected chi connectivity index (χ1v) is 31.2. The summed E-state index contributed by atoms with van der Waals surface area (Å²) in [5.74, 6) is -52.4. The van der Waals surface area contributed by atoms with E-state index in [4.69, 9.17) is 52.1 Å². The van der Waals surface area contributed by atoms with Crippen LogP contribution in [0.15, 0.2) is 54.6 Å². The Morgan fingerprint density at radius 2 is 0.652 bits per heavy atom. The molecule has 2 fully saturated rings. The van der Waals surface area contributed by atoms with Crippen LogP contribution < -0.4 is 4.74 Å². The molecule has 2 saturated heterocycles. The molecule has 112 heavy (non-hydrogen) atoms. The number of phenolic OH excluding ortho intramolecular Hbond substituents is 23. The summed E-state index contributed by atoms with van der Waals surface area (Å²) in [4.78, 5) is 117. The van der Waals surface area contributed by atoms with Crippen LogP contribution in [0.1, 0.15) is 82.9 Å². The molecule has 0 amide bonds. The molecule has 44 nitrogen and oxygen atoms in total. The van der Waals surface area contributed by atoms with Gasteiger partial charge in [-0.25, -0.2) is 38.4 Å². The van der Waals surface area contributed by atoms with Gasteiger partial charge in [0.1, 0.15) is 30.5 Å². The fraction of sp³-hybridized carbons (Fsp3) is 0.176. The Morgan fingerprint density at radius 1 is 0.339 bits per heavy atom. The van der Waals surface area contributed by atoms with Crippen molar-refractivity contribution in [2.75, 3.05) is 13.2 Å². The maximum Gasteiger partial charge on any atom is 0.344 e. The minimum Gasteiger partial charge on any atom is -0.504 e. The Kier molecular flexibility index (Phi) is 18.1. The smallest absolute Gasteiger partial charge is 0.344 e. The Bertz CT molecular complexity index is 5510. The number of carbonyl (C=O) groups excluding carboxylic acids is 8. The fourth-order valence-electron chi connectivity index (χ4n) is 12.6. The Morgan fingerprint density at radius 3 is 1.04 bits per heavy atom. The molecule has 0 aliphatic carbocycles. The van der Waals surface area contributed by atoms with Crippen molar-refractivity contribution in [1.82, 2.24) is 0 Å². The van der Waals surface area contributed by atoms with E-state index in [2.05, 4.69) is 0 Å². The molecule has 0 aromatic heterocycles. The predicted octanol–water partition coefficient (Wildman–Crippen LogP) is 1.75. The van der Waals surface area contributed by atoms with E-state index in [1.807, 2.05) is 0 Å². The summed E-state index contributed by atoms with van der Waals surface area (Å²) < 4.78 is 61.8. The molecule has 5 heterocycles. The van der Waals surface area contributed by atoms with Crippen LogP contribution >= 0.6 is 0 Å². The van der Waals surface area contributed by atoms with Crippen molar-refractivity contribution < 1.29 is 218 Å². The van der Waals surface area contributed by atoms with Crippen LogP contribution in [0, 0.1) is 0 Å². The largest absolute Gasteiger partial charge is 0.504 e. The lowest BCUT2D eigenvalue weighted by molar-refractivity contribution is -0.283. The molecule has 5 aliphatic heterocycles. The standard InChI is InChI=1S/C68H48O44/c69-10-29-45(86)55-57(109-64(99)17-7-25(75)42(83)50(91)35(17)33-15(62(97)107-55)5-23(73)40(81)48(33)89)67(104-29)112-66(101)19-9-27(77)44(85)52(93)53(19)103-28-2-12(1-20(70)37(28)78)59(94)111-68-58-56(108-63(98)16-6-24(74)41(82)49(90)34(16)36-18(65(100)110-58)8-26(76)43(84)51(36)92)54-30(105-68)11-102-60(95)13-3-21(71)38(79)46(87)31(13)32-14(61(96)106-54)4-22(72)39(80)47(32)88/h1-9,29-30,45,54-58,67-93H,10-11H2/t29-,30-,45-,54-,55+,56+,57-,58-,67-,68-/m1/s1. The number of ether oxygens (including phenoxy) is 11. The first-order valence-electron chi connectivity index (χ1n) is 31.2. The van der Waals surface area contributed by atoms with Crippen molar-refractivity contribution in [3.63, 3.8) is 0 Å². The average molecular weight is 1570 g/mol. The number of fused-ring (bicyclic) bond motifs is 13. The maximum absolute atomic E-state index is 14.9. The molecule has 10 atom stereocenters. The number of hydrogen-bond donors (Lipinski definition) is 25. The SMILES string of the molecule is O=C(O[C@H]1O[C@@H]2COC(=O)c3cc(O)c(O)c(O)c3-c3c(cc(O)c(O)c3O)C(=O)O[C@H]2[C@@H]2OC(=O)c3cc(O)c(O)c(O)c3-c3c(cc(O)c(O)c3O)C(=O)O[C@@H]12)c1cc(O)c(O)c(Oc2c(C(=O)O[C@H]3O[C@H](CO)[C@@H](O)[C@@H]4OC(=O)c5cc(O)c(O)c(O)c5-c5c(cc(O)c(O)c5O)C(=O)O[C@@H]34)cc(O)c(O)c2O)c1. The zero-order valence-corrected chi connectivity index (χ0v) is 54.8. The molecule has 0 bridgehead atoms. The van der Waals surface area contributed by atoms with E-state index in [-0.39, 0.29) is 6.07 Å². The number of carbonyl (C=O) groups is 8. The van der Waals surface area contributed by atoms with Crippen LogP contribution in [0.3, 0.4) is 0 Å². The van der Waals surface area contributed by atoms with E-state index in [9.17, 15) is 166 Å². The van der Waals surface area contributed by atoms with Gasteiger partial charge in [-0.05, 0) is 48.5 Å². The molecular weight excluding hydrogens is 1520 g/mol. The zero-order valence-electron chi connectivity index (χ0n) is 54.8. The number of cyclic esters (lactones) is 1. The van der Waals surface area contributed by atoms with E-state index in [1.54, 1.807) is 0 Å². The summed E-state index contributed by atoms with van der Waals surface area (Å²) in [5.41, 5.74) is -16.8. The third-order valence-electron chi connectivity index (χ3n) is 18.0. The molecule has 8 aromatic carbocycles. The maximum atomic E-state index is 14.9. The van der Waals surface area contributed by atoms with Crippen molar-refractivity contribution in [2.45, 2.75) is 61.4 Å². The quantitative estimate of drug-likeness (QED) is 0.0614. The van der Waals surface area contributed by atoms with Crippen molar-refractivity contribution in [1.29, 1.82) is 0 Å². The van der Waals surface area contributed by atoms with E-state index in [0.717, 1.165) is 0 Å². The first kappa shape index (κ1) is 74.8. The van der Waals surface area contributed by atoms with Gasteiger partial charge in [0.25, 0.3) is 0 Å². The number of aromatic hydroxyl groups is 23. The van der Waals surface area contributed by atoms with Gasteiger partial charge in [0.2, 0.25) is 76.5 Å². The van der Waals surface area contributed by atoms with Crippen LogP contribution in [0.2, 0.25) is 0 Å². The van der Waals surface area contributed by atoms with Crippen LogP contribution in [0.4, 0.5) is 0 Å². The zero-order chi connectivity index (χ0) is 81.5. The third kappa shape index (κ3) is 11.9. The Hall–Kier alpha value is -15.4. The topological polar surface area (TPSA) is 744 Å². The molecule has 584 valence electrons. The summed E-state index contributed by atoms with van der Waals surface area (Å²) in [5, 5.41) is 273. The van der Waals surface area contributed by atoms with Gasteiger partial charge in [-0.15, -0.1) is 0 Å². The van der Waals surface area contributed by atoms with Gasteiger partial charge in [-0.1, -0.05) is 0 Å². The lowest BCUT2D eigenvalue weighted by Crippen LogP contribution is -2.63. The fourth-order valence-corrected chi connectivity index (χ4v) is 12.6. The molecule has 0 radical (unpaired) electrons. The summed E-state index contributed by atoms with van der Waals surface area (Å²) in [6, 6.07) is 2.90. The second kappa shape index (κ2) is 27.1. The molecule has 0 saturated carbocycles. The van der Waals surface area contributed by atoms with Crippen LogP contribution in [0.5, 0.6) is 144 Å². The monoisotopic (exact) mass is 1570 g/mol. The normalized spacial score (nSPS) is 21.2. The number of hydrogen-bond acceptors (Lipinski definition) is 44. The minimum atomic E-state index is -2.90. The van der Waals surface area contributed by atoms with E-state index < -0.39 is 344 Å². The van der Waals surface area contributed by atoms with Crippen LogP contribution in [-0.4, -0.2) is 250 Å². The molecule has 44 heteroatoms. The molecule has 0 unspecified atom stereocenters. The molecule has 13 rings (SSSR count). The number of aliphatic hydroxyl groups is 2. The van der Waals surface area contributed by atoms with Crippen molar-refractivity contribution >= 4 is 47.8 Å². The summed E-state index contributed by atoms with van der Waals surface area (Å²) in [7, 11) is 0. The van der Waals surface area contributed by atoms with Gasteiger partial charge in [0, 0.05) is 39.4 Å². The van der Waals surface area contributed by atoms with E-state index >= 15 is 0 Å². The Balaban J connectivity index is 0.893. The predicted molar refractivity (Wildman–Crippen MR) is 344 cm³/mol. The van der Waals surface area contributed by atoms with Crippen LogP contribution in [-0.2, 0) is 47.4 Å². The van der Waals surface area contributed by atoms with E-state index in [1.165, 1.54) is 0 Å². The highest BCUT2D eigenvalue weighted by atomic mass is 16.8. The first-order chi connectivity index (χ1) is 52.8. The molecular formula is C68H48O44. The highest BCUT2D eigenvalue weighted by Crippen LogP contribution is 2.58. The molecule has 25 N–H and O–H groups in total. The lowest BCUT2D eigenvalue weighted by atomic mass is 9.91. The van der Waals surface area contributed by atoms with Crippen molar-refractivity contribution in [3.05, 3.63) is 99.1 Å². The van der Waals surface area contributed by atoms with Crippen molar-refractivity contribution in [3.8, 4) is 177 Å². The van der Waals surface area contributed by atoms with Gasteiger partial charge in [-0.2, -0.15) is 0 Å². The van der Waals surface area contributed by atoms with E-state index in [0.29, 0.717) is 48.5 Å². The van der Waals surface area contributed by atoms with Gasteiger partial charge in [0.15, 0.2) is 110 Å². The molecule has 5 aliphatic rings. The van der Waals surface area contributed by atoms with Gasteiger partial charge in [-0.3, -0.25) is 0 Å². The second-order valence-electron chi connectivity index (χ2n) is 24.5. The number of esters is 8. The number of aliphatic hydroxyl groups excluding tert-OH is 2. The summed E-state index contributed by atoms with van der Waals surface area (Å²) in [6.07, 6.45) is -25.9. The van der Waals surface area contributed by atoms with Crippen molar-refractivity contribution in [2.24, 2.45) is 0 Å². The Labute approximate surface area is 614 Å². The molecule has 0 spiro atoms. The number of phenols is 23. The number of benzene rings is 8. The van der Waals surface area contributed by atoms with Crippen LogP contribution in [0.25, 0.3) is 33.4 Å². The van der Waals surface area contributed by atoms with Gasteiger partial charge >= 0.3 is 47.8 Å². The third-order valence-corrected chi connectivity index (χ3v) is 18.0. The molecule has 8 aromatic rings. The minimum absolute atomic E-state index is 0.221. The summed E-state index contributed by atoms with van der Waals surface area (Å²) >= 11 is 0. The van der Waals surface area contributed by atoms with Gasteiger partial charge < -0.3 is 180 Å². The highest BCUT2D eigenvalue weighted by Gasteiger charge is 2.58.